The molecule has 0 radical (unpaired) electrons. The molecule has 0 saturated heterocycles. The van der Waals surface area contributed by atoms with Crippen LogP contribution in [-0.2, 0) is 28.6 Å². The van der Waals surface area contributed by atoms with Crippen molar-refractivity contribution in [3.8, 4) is 0 Å². The molecule has 0 spiro atoms. The summed E-state index contributed by atoms with van der Waals surface area (Å²) < 4.78 is 16.7. The smallest absolute Gasteiger partial charge is 0.306 e. The molecule has 356 valence electrons. The molecule has 60 heavy (non-hydrogen) atoms. The zero-order chi connectivity index (χ0) is 43.8. The van der Waals surface area contributed by atoms with Crippen LogP contribution in [0.2, 0.25) is 0 Å². The van der Waals surface area contributed by atoms with Gasteiger partial charge in [-0.25, -0.2) is 0 Å². The topological polar surface area (TPSA) is 78.9 Å². The summed E-state index contributed by atoms with van der Waals surface area (Å²) >= 11 is 0. The molecule has 0 aromatic rings. The molecule has 0 bridgehead atoms. The van der Waals surface area contributed by atoms with Gasteiger partial charge in [0.05, 0.1) is 0 Å². The number of ether oxygens (including phenoxy) is 3. The predicted octanol–water partition coefficient (Wildman–Crippen LogP) is 17.5. The Morgan fingerprint density at radius 3 is 0.867 bits per heavy atom. The lowest BCUT2D eigenvalue weighted by Crippen LogP contribution is -2.30. The maximum Gasteiger partial charge on any atom is 0.306 e. The van der Waals surface area contributed by atoms with Crippen molar-refractivity contribution in [2.75, 3.05) is 13.2 Å². The van der Waals surface area contributed by atoms with E-state index < -0.39 is 6.10 Å². The fourth-order valence-electron chi connectivity index (χ4n) is 8.19. The summed E-state index contributed by atoms with van der Waals surface area (Å²) in [5.74, 6) is 0.0522. The first kappa shape index (κ1) is 58.4. The van der Waals surface area contributed by atoms with Crippen LogP contribution in [0.5, 0.6) is 0 Å². The Morgan fingerprint density at radius 1 is 0.333 bits per heavy atom. The lowest BCUT2D eigenvalue weighted by molar-refractivity contribution is -0.167. The third-order valence-electron chi connectivity index (χ3n) is 12.7. The summed E-state index contributed by atoms with van der Waals surface area (Å²) in [7, 11) is 0. The van der Waals surface area contributed by atoms with E-state index >= 15 is 0 Å². The van der Waals surface area contributed by atoms with Gasteiger partial charge in [0.2, 0.25) is 0 Å². The van der Waals surface area contributed by atoms with Crippen LogP contribution in [-0.4, -0.2) is 37.2 Å². The Balaban J connectivity index is 4.06. The molecule has 0 aliphatic carbocycles. The number of carbonyl (C=O) groups excluding carboxylic acids is 3. The van der Waals surface area contributed by atoms with Gasteiger partial charge < -0.3 is 14.2 Å². The van der Waals surface area contributed by atoms with E-state index in [1.54, 1.807) is 0 Å². The van der Waals surface area contributed by atoms with Crippen molar-refractivity contribution in [3.63, 3.8) is 0 Å². The SMILES string of the molecule is CCCCCCCCCCCCCCCCCC(=O)OC[C@@H](COC(=O)CCCCCCC)OC(=O)CCCCCCCCCCCCCCCCCCCCC(C)CC. The second-order valence-corrected chi connectivity index (χ2v) is 18.8. The third kappa shape index (κ3) is 45.9. The van der Waals surface area contributed by atoms with Gasteiger partial charge in [0, 0.05) is 19.3 Å². The summed E-state index contributed by atoms with van der Waals surface area (Å²) in [5.41, 5.74) is 0. The fourth-order valence-corrected chi connectivity index (χ4v) is 8.19. The van der Waals surface area contributed by atoms with Crippen molar-refractivity contribution >= 4 is 17.9 Å². The van der Waals surface area contributed by atoms with Crippen molar-refractivity contribution < 1.29 is 28.6 Å². The van der Waals surface area contributed by atoms with E-state index in [9.17, 15) is 14.4 Å². The highest BCUT2D eigenvalue weighted by molar-refractivity contribution is 5.71. The average Bonchev–Trinajstić information content (AvgIpc) is 3.24. The molecule has 6 heteroatoms. The number of rotatable bonds is 49. The van der Waals surface area contributed by atoms with Crippen LogP contribution in [0.25, 0.3) is 0 Å². The Morgan fingerprint density at radius 2 is 0.583 bits per heavy atom. The van der Waals surface area contributed by atoms with Gasteiger partial charge in [-0.1, -0.05) is 265 Å². The van der Waals surface area contributed by atoms with Gasteiger partial charge in [-0.05, 0) is 25.2 Å². The molecule has 0 heterocycles. The zero-order valence-electron chi connectivity index (χ0n) is 40.9. The van der Waals surface area contributed by atoms with Gasteiger partial charge in [0.15, 0.2) is 6.10 Å². The van der Waals surface area contributed by atoms with E-state index in [2.05, 4.69) is 27.7 Å². The Bertz CT molecular complexity index is 905. The lowest BCUT2D eigenvalue weighted by atomic mass is 9.99. The molecule has 0 amide bonds. The fraction of sp³-hybridized carbons (Fsp3) is 0.944. The monoisotopic (exact) mass is 849 g/mol. The molecule has 0 aromatic heterocycles. The first-order chi connectivity index (χ1) is 29.4. The maximum atomic E-state index is 12.8. The number of carbonyl (C=O) groups is 3. The highest BCUT2D eigenvalue weighted by Gasteiger charge is 2.19. The highest BCUT2D eigenvalue weighted by Crippen LogP contribution is 2.18. The molecule has 0 saturated carbocycles. The van der Waals surface area contributed by atoms with Gasteiger partial charge in [-0.2, -0.15) is 0 Å². The molecule has 0 aromatic carbocycles. The summed E-state index contributed by atoms with van der Waals surface area (Å²) in [4.78, 5) is 37.7. The zero-order valence-corrected chi connectivity index (χ0v) is 40.9. The first-order valence-electron chi connectivity index (χ1n) is 26.9. The van der Waals surface area contributed by atoms with Crippen LogP contribution in [0.4, 0.5) is 0 Å². The first-order valence-corrected chi connectivity index (χ1v) is 26.9. The molecule has 1 unspecified atom stereocenters. The molecule has 0 aliphatic heterocycles. The second kappa shape index (κ2) is 48.4. The van der Waals surface area contributed by atoms with Crippen molar-refractivity contribution in [2.24, 2.45) is 5.92 Å². The highest BCUT2D eigenvalue weighted by atomic mass is 16.6. The minimum absolute atomic E-state index is 0.0636. The van der Waals surface area contributed by atoms with E-state index in [1.807, 2.05) is 0 Å². The van der Waals surface area contributed by atoms with Gasteiger partial charge in [0.1, 0.15) is 13.2 Å². The largest absolute Gasteiger partial charge is 0.462 e. The number of unbranched alkanes of at least 4 members (excludes halogenated alkanes) is 35. The van der Waals surface area contributed by atoms with E-state index in [4.69, 9.17) is 14.2 Å². The van der Waals surface area contributed by atoms with Crippen molar-refractivity contribution in [1.82, 2.24) is 0 Å². The standard InChI is InChI=1S/C54H104O6/c1-5-8-10-12-13-14-15-16-21-25-28-31-34-38-42-46-53(56)59-49-51(48-58-52(55)45-41-36-11-9-6-2)60-54(57)47-43-39-35-32-29-26-23-20-18-17-19-22-24-27-30-33-37-40-44-50(4)7-3/h50-51H,5-49H2,1-4H3/t50?,51-/m1/s1. The van der Waals surface area contributed by atoms with Crippen LogP contribution >= 0.6 is 0 Å². The molecule has 2 atom stereocenters. The van der Waals surface area contributed by atoms with E-state index in [1.165, 1.54) is 193 Å². The third-order valence-corrected chi connectivity index (χ3v) is 12.7. The normalized spacial score (nSPS) is 12.4. The van der Waals surface area contributed by atoms with Crippen molar-refractivity contribution in [2.45, 2.75) is 310 Å². The Labute approximate surface area is 374 Å². The summed E-state index contributed by atoms with van der Waals surface area (Å²) in [5, 5.41) is 0. The lowest BCUT2D eigenvalue weighted by Gasteiger charge is -2.18. The minimum atomic E-state index is -0.759. The molecule has 0 fully saturated rings. The quantitative estimate of drug-likeness (QED) is 0.0345. The molecule has 0 aliphatic rings. The van der Waals surface area contributed by atoms with Gasteiger partial charge >= 0.3 is 17.9 Å². The predicted molar refractivity (Wildman–Crippen MR) is 257 cm³/mol. The molecular formula is C54H104O6. The van der Waals surface area contributed by atoms with E-state index in [0.717, 1.165) is 70.1 Å². The Hall–Kier alpha value is -1.59. The number of hydrogen-bond acceptors (Lipinski definition) is 6. The van der Waals surface area contributed by atoms with Crippen LogP contribution < -0.4 is 0 Å². The van der Waals surface area contributed by atoms with Crippen LogP contribution in [0.3, 0.4) is 0 Å². The molecule has 0 rings (SSSR count). The van der Waals surface area contributed by atoms with Crippen molar-refractivity contribution in [1.29, 1.82) is 0 Å². The summed E-state index contributed by atoms with van der Waals surface area (Å²) in [6, 6.07) is 0. The maximum absolute atomic E-state index is 12.8. The number of hydrogen-bond donors (Lipinski definition) is 0. The van der Waals surface area contributed by atoms with E-state index in [0.29, 0.717) is 19.3 Å². The van der Waals surface area contributed by atoms with Gasteiger partial charge in [0.25, 0.3) is 0 Å². The van der Waals surface area contributed by atoms with E-state index in [-0.39, 0.29) is 31.1 Å². The number of esters is 3. The molecule has 6 nitrogen and oxygen atoms in total. The van der Waals surface area contributed by atoms with Gasteiger partial charge in [-0.3, -0.25) is 14.4 Å². The second-order valence-electron chi connectivity index (χ2n) is 18.8. The Kier molecular flexibility index (Phi) is 47.2. The molecule has 0 N–H and O–H groups in total. The minimum Gasteiger partial charge on any atom is -0.462 e. The average molecular weight is 849 g/mol. The van der Waals surface area contributed by atoms with Crippen LogP contribution in [0.15, 0.2) is 0 Å². The van der Waals surface area contributed by atoms with Crippen LogP contribution in [0, 0.1) is 5.92 Å². The molecular weight excluding hydrogens is 745 g/mol. The van der Waals surface area contributed by atoms with Crippen molar-refractivity contribution in [3.05, 3.63) is 0 Å². The summed E-state index contributed by atoms with van der Waals surface area (Å²) in [6.45, 7) is 9.01. The van der Waals surface area contributed by atoms with Crippen LogP contribution in [0.1, 0.15) is 304 Å². The van der Waals surface area contributed by atoms with Gasteiger partial charge in [-0.15, -0.1) is 0 Å². The summed E-state index contributed by atoms with van der Waals surface area (Å²) in [6.07, 6.45) is 51.2.